The molecule has 0 radical (unpaired) electrons. The molecular formula is C32H40N4O5. The molecule has 2 saturated heterocycles. The van der Waals surface area contributed by atoms with Crippen molar-refractivity contribution in [3.8, 4) is 0 Å². The summed E-state index contributed by atoms with van der Waals surface area (Å²) in [6.07, 6.45) is 11.7. The molecule has 6 rings (SSSR count). The molecule has 9 heteroatoms. The molecule has 9 nitrogen and oxygen atoms in total. The van der Waals surface area contributed by atoms with E-state index in [2.05, 4.69) is 27.9 Å². The second-order valence-electron chi connectivity index (χ2n) is 12.1. The molecule has 41 heavy (non-hydrogen) atoms. The van der Waals surface area contributed by atoms with Gasteiger partial charge in [-0.05, 0) is 56.9 Å². The number of hydrogen-bond donors (Lipinski definition) is 2. The van der Waals surface area contributed by atoms with E-state index < -0.39 is 11.5 Å². The monoisotopic (exact) mass is 560 g/mol. The van der Waals surface area contributed by atoms with Crippen molar-refractivity contribution in [3.05, 3.63) is 65.1 Å². The maximum absolute atomic E-state index is 13.8. The Morgan fingerprint density at radius 1 is 1.05 bits per heavy atom. The number of ether oxygens (including phenoxy) is 1. The first-order valence-corrected chi connectivity index (χ1v) is 15.2. The van der Waals surface area contributed by atoms with Crippen LogP contribution >= 0.6 is 0 Å². The molecule has 3 aliphatic heterocycles. The number of aromatic nitrogens is 1. The van der Waals surface area contributed by atoms with Crippen LogP contribution in [-0.2, 0) is 33.6 Å². The molecule has 1 aromatic carbocycles. The van der Waals surface area contributed by atoms with E-state index in [0.29, 0.717) is 70.5 Å². The van der Waals surface area contributed by atoms with E-state index in [1.54, 1.807) is 0 Å². The van der Waals surface area contributed by atoms with Crippen LogP contribution in [0.25, 0.3) is 0 Å². The summed E-state index contributed by atoms with van der Waals surface area (Å²) < 4.78 is 11.1. The van der Waals surface area contributed by atoms with Crippen molar-refractivity contribution < 1.29 is 23.6 Å². The number of aryl methyl sites for hydroxylation is 1. The molecule has 1 aliphatic carbocycles. The lowest BCUT2D eigenvalue weighted by Gasteiger charge is -2.40. The Hall–Kier alpha value is -3.46. The lowest BCUT2D eigenvalue weighted by Crippen LogP contribution is -2.58. The number of amides is 3. The summed E-state index contributed by atoms with van der Waals surface area (Å²) in [7, 11) is 0. The number of carbonyl (C=O) groups is 3. The zero-order valence-corrected chi connectivity index (χ0v) is 23.6. The summed E-state index contributed by atoms with van der Waals surface area (Å²) in [6, 6.07) is 9.02. The summed E-state index contributed by atoms with van der Waals surface area (Å²) in [5, 5.41) is 10.6. The maximum atomic E-state index is 13.8. The first-order valence-electron chi connectivity index (χ1n) is 15.2. The first-order chi connectivity index (χ1) is 20.0. The number of rotatable bonds is 3. The number of carbonyl (C=O) groups excluding carboxylic acids is 3. The van der Waals surface area contributed by atoms with Crippen molar-refractivity contribution in [2.45, 2.75) is 76.3 Å². The number of nitrogens with one attached hydrogen (secondary N) is 2. The average molecular weight is 561 g/mol. The largest absolute Gasteiger partial charge is 0.381 e. The Kier molecular flexibility index (Phi) is 8.23. The third kappa shape index (κ3) is 5.96. The van der Waals surface area contributed by atoms with Crippen LogP contribution in [-0.4, -0.2) is 66.2 Å². The molecule has 0 saturated carbocycles. The van der Waals surface area contributed by atoms with Crippen molar-refractivity contribution in [2.75, 3.05) is 26.3 Å². The van der Waals surface area contributed by atoms with Crippen molar-refractivity contribution in [1.29, 1.82) is 0 Å². The predicted octanol–water partition coefficient (Wildman–Crippen LogP) is 3.37. The number of benzene rings is 1. The van der Waals surface area contributed by atoms with Gasteiger partial charge in [0.15, 0.2) is 5.69 Å². The van der Waals surface area contributed by atoms with Gasteiger partial charge in [0.05, 0.1) is 5.41 Å². The highest BCUT2D eigenvalue weighted by atomic mass is 16.5. The van der Waals surface area contributed by atoms with Gasteiger partial charge in [0, 0.05) is 56.7 Å². The van der Waals surface area contributed by atoms with E-state index in [-0.39, 0.29) is 29.7 Å². The van der Waals surface area contributed by atoms with Gasteiger partial charge >= 0.3 is 0 Å². The van der Waals surface area contributed by atoms with Gasteiger partial charge in [-0.1, -0.05) is 47.6 Å². The third-order valence-electron chi connectivity index (χ3n) is 9.45. The van der Waals surface area contributed by atoms with Gasteiger partial charge in [-0.3, -0.25) is 14.4 Å². The predicted molar refractivity (Wildman–Crippen MR) is 152 cm³/mol. The highest BCUT2D eigenvalue weighted by Crippen LogP contribution is 2.36. The molecule has 2 N–H and O–H groups in total. The highest BCUT2D eigenvalue weighted by molar-refractivity contribution is 5.94. The highest BCUT2D eigenvalue weighted by Gasteiger charge is 2.42. The number of nitrogens with zero attached hydrogens (tertiary/aromatic N) is 2. The molecule has 1 spiro atoms. The Labute approximate surface area is 241 Å². The molecule has 2 fully saturated rings. The smallest absolute Gasteiger partial charge is 0.276 e. The maximum Gasteiger partial charge on any atom is 0.276 e. The molecule has 3 atom stereocenters. The normalized spacial score (nSPS) is 27.4. The summed E-state index contributed by atoms with van der Waals surface area (Å²) in [5.74, 6) is 0.578. The zero-order valence-electron chi connectivity index (χ0n) is 23.6. The van der Waals surface area contributed by atoms with Crippen molar-refractivity contribution >= 4 is 17.7 Å². The summed E-state index contributed by atoms with van der Waals surface area (Å²) in [6.45, 7) is 2.13. The fourth-order valence-corrected chi connectivity index (χ4v) is 6.87. The standard InChI is InChI=1S/C32H40N4O5/c37-29-26(20-22-8-2-1-3-9-22)34-31(39)32(15-18-40-19-16-32)14-7-6-10-23-21-36(17-13-25(23)33-29)30(38)28-24-11-4-5-12-27(24)41-35-28/h1-3,6-9,23,25-26H,4-5,10-21H2,(H,33,37)(H,34,39)/b7-6+/t23-,25+,26+/m1/s1. The van der Waals surface area contributed by atoms with Crippen molar-refractivity contribution in [1.82, 2.24) is 20.7 Å². The van der Waals surface area contributed by atoms with E-state index in [1.807, 2.05) is 35.2 Å². The Balaban J connectivity index is 1.24. The number of likely N-dealkylation sites (tertiary alicyclic amines) is 1. The molecular weight excluding hydrogens is 520 g/mol. The Morgan fingerprint density at radius 2 is 1.85 bits per heavy atom. The van der Waals surface area contributed by atoms with Crippen LogP contribution in [0.15, 0.2) is 47.0 Å². The topological polar surface area (TPSA) is 114 Å². The lowest BCUT2D eigenvalue weighted by molar-refractivity contribution is -0.140. The lowest BCUT2D eigenvalue weighted by atomic mass is 9.75. The fourth-order valence-electron chi connectivity index (χ4n) is 6.87. The van der Waals surface area contributed by atoms with Gasteiger partial charge in [0.1, 0.15) is 11.8 Å². The quantitative estimate of drug-likeness (QED) is 0.557. The number of allylic oxidation sites excluding steroid dienone is 2. The summed E-state index contributed by atoms with van der Waals surface area (Å²) in [5.41, 5.74) is 1.83. The molecule has 4 heterocycles. The van der Waals surface area contributed by atoms with E-state index >= 15 is 0 Å². The number of fused-ring (bicyclic) bond motifs is 2. The molecule has 218 valence electrons. The minimum absolute atomic E-state index is 0.0498. The zero-order chi connectivity index (χ0) is 28.2. The number of piperidine rings is 1. The van der Waals surface area contributed by atoms with Crippen LogP contribution in [0.5, 0.6) is 0 Å². The average Bonchev–Trinajstić information content (AvgIpc) is 3.44. The van der Waals surface area contributed by atoms with Crippen LogP contribution in [0.1, 0.15) is 72.3 Å². The Bertz CT molecular complexity index is 1280. The van der Waals surface area contributed by atoms with Crippen LogP contribution in [0.2, 0.25) is 0 Å². The minimum atomic E-state index is -0.685. The molecule has 0 unspecified atom stereocenters. The van der Waals surface area contributed by atoms with Gasteiger partial charge in [-0.2, -0.15) is 0 Å². The van der Waals surface area contributed by atoms with E-state index in [1.165, 1.54) is 0 Å². The van der Waals surface area contributed by atoms with Gasteiger partial charge in [0.2, 0.25) is 11.8 Å². The van der Waals surface area contributed by atoms with Gasteiger partial charge < -0.3 is 24.8 Å². The van der Waals surface area contributed by atoms with Gasteiger partial charge in [0.25, 0.3) is 5.91 Å². The van der Waals surface area contributed by atoms with E-state index in [9.17, 15) is 14.4 Å². The summed E-state index contributed by atoms with van der Waals surface area (Å²) in [4.78, 5) is 43.0. The molecule has 4 aliphatic rings. The molecule has 2 aromatic rings. The fraction of sp³-hybridized carbons (Fsp3) is 0.562. The van der Waals surface area contributed by atoms with Crippen LogP contribution < -0.4 is 10.6 Å². The van der Waals surface area contributed by atoms with Gasteiger partial charge in [-0.15, -0.1) is 0 Å². The van der Waals surface area contributed by atoms with Gasteiger partial charge in [-0.25, -0.2) is 0 Å². The Morgan fingerprint density at radius 3 is 2.68 bits per heavy atom. The minimum Gasteiger partial charge on any atom is -0.381 e. The molecule has 3 amide bonds. The van der Waals surface area contributed by atoms with Crippen LogP contribution in [0.3, 0.4) is 0 Å². The van der Waals surface area contributed by atoms with Crippen LogP contribution in [0, 0.1) is 11.3 Å². The number of hydrogen-bond acceptors (Lipinski definition) is 6. The SMILES string of the molecule is O=C1N[C@H]2CCN(C(=O)c3noc4c3CCCC4)C[C@H]2C/C=C/CC2(CCOCC2)C(=O)N[C@H]1Cc1ccccc1. The third-order valence-corrected chi connectivity index (χ3v) is 9.45. The van der Waals surface area contributed by atoms with Crippen LogP contribution in [0.4, 0.5) is 0 Å². The summed E-state index contributed by atoms with van der Waals surface area (Å²) >= 11 is 0. The molecule has 0 bridgehead atoms. The first kappa shape index (κ1) is 27.7. The second kappa shape index (κ2) is 12.2. The second-order valence-corrected chi connectivity index (χ2v) is 12.1. The van der Waals surface area contributed by atoms with Crippen molar-refractivity contribution in [3.63, 3.8) is 0 Å². The van der Waals surface area contributed by atoms with Crippen molar-refractivity contribution in [2.24, 2.45) is 11.3 Å². The van der Waals surface area contributed by atoms with E-state index in [0.717, 1.165) is 42.6 Å². The van der Waals surface area contributed by atoms with E-state index in [4.69, 9.17) is 9.26 Å². The molecule has 1 aromatic heterocycles.